The number of aliphatic hydroxyl groups is 1. The molecular formula is C13H21N3O. The molecule has 0 aromatic carbocycles. The van der Waals surface area contributed by atoms with Crippen molar-refractivity contribution in [1.82, 2.24) is 4.98 Å². The zero-order valence-electron chi connectivity index (χ0n) is 10.4. The standard InChI is InChI=1S/C13H21N3O/c1-10-4-6-15-13(12(10)14)16-7-2-3-11(9-16)5-8-17/h4,6,11,17H,2-3,5,7-9,14H2,1H3. The van der Waals surface area contributed by atoms with Gasteiger partial charge in [-0.05, 0) is 43.7 Å². The lowest BCUT2D eigenvalue weighted by Gasteiger charge is -2.34. The molecule has 1 aromatic heterocycles. The molecule has 17 heavy (non-hydrogen) atoms. The maximum atomic E-state index is 9.02. The summed E-state index contributed by atoms with van der Waals surface area (Å²) in [6.45, 7) is 4.26. The van der Waals surface area contributed by atoms with Crippen molar-refractivity contribution in [3.8, 4) is 0 Å². The van der Waals surface area contributed by atoms with Gasteiger partial charge in [0.05, 0.1) is 5.69 Å². The Labute approximate surface area is 102 Å². The van der Waals surface area contributed by atoms with Crippen molar-refractivity contribution in [2.45, 2.75) is 26.2 Å². The second kappa shape index (κ2) is 5.36. The summed E-state index contributed by atoms with van der Waals surface area (Å²) < 4.78 is 0. The van der Waals surface area contributed by atoms with Crippen molar-refractivity contribution in [3.63, 3.8) is 0 Å². The Kier molecular flexibility index (Phi) is 3.84. The molecule has 0 aliphatic carbocycles. The van der Waals surface area contributed by atoms with E-state index in [0.717, 1.165) is 43.0 Å². The van der Waals surface area contributed by atoms with Gasteiger partial charge in [-0.25, -0.2) is 4.98 Å². The number of rotatable bonds is 3. The highest BCUT2D eigenvalue weighted by atomic mass is 16.3. The summed E-state index contributed by atoms with van der Waals surface area (Å²) in [5, 5.41) is 9.02. The maximum Gasteiger partial charge on any atom is 0.152 e. The van der Waals surface area contributed by atoms with Crippen LogP contribution in [0.25, 0.3) is 0 Å². The number of aryl methyl sites for hydroxylation is 1. The number of nitrogens with zero attached hydrogens (tertiary/aromatic N) is 2. The van der Waals surface area contributed by atoms with Crippen LogP contribution in [0.4, 0.5) is 11.5 Å². The molecule has 0 saturated carbocycles. The lowest BCUT2D eigenvalue weighted by molar-refractivity contribution is 0.244. The first-order chi connectivity index (χ1) is 8.22. The highest BCUT2D eigenvalue weighted by Gasteiger charge is 2.22. The van der Waals surface area contributed by atoms with Crippen molar-refractivity contribution in [2.24, 2.45) is 5.92 Å². The molecule has 2 rings (SSSR count). The highest BCUT2D eigenvalue weighted by Crippen LogP contribution is 2.28. The van der Waals surface area contributed by atoms with Crippen LogP contribution in [0.1, 0.15) is 24.8 Å². The minimum Gasteiger partial charge on any atom is -0.396 e. The largest absolute Gasteiger partial charge is 0.396 e. The zero-order chi connectivity index (χ0) is 12.3. The molecule has 0 spiro atoms. The predicted molar refractivity (Wildman–Crippen MR) is 70.0 cm³/mol. The van der Waals surface area contributed by atoms with Gasteiger partial charge in [-0.1, -0.05) is 0 Å². The monoisotopic (exact) mass is 235 g/mol. The fourth-order valence-corrected chi connectivity index (χ4v) is 2.48. The van der Waals surface area contributed by atoms with Gasteiger partial charge in [-0.2, -0.15) is 0 Å². The molecule has 2 heterocycles. The average molecular weight is 235 g/mol. The van der Waals surface area contributed by atoms with Crippen LogP contribution in [-0.4, -0.2) is 29.8 Å². The molecule has 1 unspecified atom stereocenters. The van der Waals surface area contributed by atoms with Crippen LogP contribution in [0.15, 0.2) is 12.3 Å². The molecule has 1 atom stereocenters. The van der Waals surface area contributed by atoms with E-state index in [1.165, 1.54) is 6.42 Å². The Hall–Kier alpha value is -1.29. The number of hydrogen-bond donors (Lipinski definition) is 2. The van der Waals surface area contributed by atoms with E-state index in [0.29, 0.717) is 5.92 Å². The van der Waals surface area contributed by atoms with Gasteiger partial charge in [0.1, 0.15) is 0 Å². The molecule has 1 aliphatic heterocycles. The Morgan fingerprint density at radius 2 is 2.41 bits per heavy atom. The second-order valence-electron chi connectivity index (χ2n) is 4.83. The van der Waals surface area contributed by atoms with Gasteiger partial charge in [-0.15, -0.1) is 0 Å². The third-order valence-corrected chi connectivity index (χ3v) is 3.54. The fourth-order valence-electron chi connectivity index (χ4n) is 2.48. The van der Waals surface area contributed by atoms with Crippen molar-refractivity contribution in [3.05, 3.63) is 17.8 Å². The fraction of sp³-hybridized carbons (Fsp3) is 0.615. The third kappa shape index (κ3) is 2.69. The van der Waals surface area contributed by atoms with Gasteiger partial charge in [0.25, 0.3) is 0 Å². The molecule has 4 nitrogen and oxygen atoms in total. The first kappa shape index (κ1) is 12.2. The summed E-state index contributed by atoms with van der Waals surface area (Å²) in [5.41, 5.74) is 7.95. The molecule has 94 valence electrons. The summed E-state index contributed by atoms with van der Waals surface area (Å²) >= 11 is 0. The molecule has 0 radical (unpaired) electrons. The summed E-state index contributed by atoms with van der Waals surface area (Å²) in [6, 6.07) is 1.94. The number of aromatic nitrogens is 1. The predicted octanol–water partition coefficient (Wildman–Crippen LogP) is 1.57. The van der Waals surface area contributed by atoms with E-state index in [1.807, 2.05) is 19.2 Å². The van der Waals surface area contributed by atoms with E-state index in [1.54, 1.807) is 0 Å². The van der Waals surface area contributed by atoms with Gasteiger partial charge in [0.2, 0.25) is 0 Å². The Morgan fingerprint density at radius 3 is 3.18 bits per heavy atom. The number of pyridine rings is 1. The van der Waals surface area contributed by atoms with E-state index in [4.69, 9.17) is 10.8 Å². The van der Waals surface area contributed by atoms with Crippen LogP contribution in [0.2, 0.25) is 0 Å². The van der Waals surface area contributed by atoms with Gasteiger partial charge in [0, 0.05) is 25.9 Å². The van der Waals surface area contributed by atoms with Gasteiger partial charge < -0.3 is 15.7 Å². The van der Waals surface area contributed by atoms with E-state index in [-0.39, 0.29) is 6.61 Å². The summed E-state index contributed by atoms with van der Waals surface area (Å²) in [6.07, 6.45) is 5.04. The van der Waals surface area contributed by atoms with E-state index in [9.17, 15) is 0 Å². The van der Waals surface area contributed by atoms with E-state index in [2.05, 4.69) is 9.88 Å². The summed E-state index contributed by atoms with van der Waals surface area (Å²) in [5.74, 6) is 1.48. The van der Waals surface area contributed by atoms with Crippen molar-refractivity contribution in [2.75, 3.05) is 30.3 Å². The molecular weight excluding hydrogens is 214 g/mol. The van der Waals surface area contributed by atoms with E-state index >= 15 is 0 Å². The Balaban J connectivity index is 2.13. The van der Waals surface area contributed by atoms with Gasteiger partial charge in [0.15, 0.2) is 5.82 Å². The van der Waals surface area contributed by atoms with Gasteiger partial charge in [-0.3, -0.25) is 0 Å². The molecule has 0 amide bonds. The second-order valence-corrected chi connectivity index (χ2v) is 4.83. The normalized spacial score (nSPS) is 20.6. The van der Waals surface area contributed by atoms with E-state index < -0.39 is 0 Å². The minimum atomic E-state index is 0.273. The van der Waals surface area contributed by atoms with Crippen LogP contribution >= 0.6 is 0 Å². The number of piperidine rings is 1. The molecule has 4 heteroatoms. The molecule has 1 aliphatic rings. The van der Waals surface area contributed by atoms with Crippen LogP contribution in [-0.2, 0) is 0 Å². The van der Waals surface area contributed by atoms with Crippen LogP contribution in [0.3, 0.4) is 0 Å². The Morgan fingerprint density at radius 1 is 1.59 bits per heavy atom. The Bertz CT molecular complexity index is 379. The van der Waals surface area contributed by atoms with Gasteiger partial charge >= 0.3 is 0 Å². The molecule has 3 N–H and O–H groups in total. The number of hydrogen-bond acceptors (Lipinski definition) is 4. The zero-order valence-corrected chi connectivity index (χ0v) is 10.4. The maximum absolute atomic E-state index is 9.02. The highest BCUT2D eigenvalue weighted by molar-refractivity contribution is 5.66. The lowest BCUT2D eigenvalue weighted by Crippen LogP contribution is -2.36. The number of anilines is 2. The molecule has 0 bridgehead atoms. The number of nitrogens with two attached hydrogens (primary N) is 1. The number of aliphatic hydroxyl groups excluding tert-OH is 1. The first-order valence-electron chi connectivity index (χ1n) is 6.29. The molecule has 1 fully saturated rings. The van der Waals surface area contributed by atoms with Crippen molar-refractivity contribution in [1.29, 1.82) is 0 Å². The third-order valence-electron chi connectivity index (χ3n) is 3.54. The summed E-state index contributed by atoms with van der Waals surface area (Å²) in [4.78, 5) is 6.65. The smallest absolute Gasteiger partial charge is 0.152 e. The SMILES string of the molecule is Cc1ccnc(N2CCCC(CCO)C2)c1N. The van der Waals surface area contributed by atoms with Crippen LogP contribution in [0, 0.1) is 12.8 Å². The molecule has 1 aromatic rings. The van der Waals surface area contributed by atoms with Crippen LogP contribution < -0.4 is 10.6 Å². The first-order valence-corrected chi connectivity index (χ1v) is 6.29. The molecule has 1 saturated heterocycles. The number of nitrogen functional groups attached to an aromatic ring is 1. The quantitative estimate of drug-likeness (QED) is 0.835. The average Bonchev–Trinajstić information content (AvgIpc) is 2.33. The summed E-state index contributed by atoms with van der Waals surface area (Å²) in [7, 11) is 0. The van der Waals surface area contributed by atoms with Crippen LogP contribution in [0.5, 0.6) is 0 Å². The minimum absolute atomic E-state index is 0.273. The lowest BCUT2D eigenvalue weighted by atomic mass is 9.95. The van der Waals surface area contributed by atoms with Crippen molar-refractivity contribution < 1.29 is 5.11 Å². The topological polar surface area (TPSA) is 62.4 Å². The van der Waals surface area contributed by atoms with Crippen molar-refractivity contribution >= 4 is 11.5 Å².